The highest BCUT2D eigenvalue weighted by atomic mass is 16.5. The number of carbonyl (C=O) groups is 3. The molecular formula is C22H35N3O5. The van der Waals surface area contributed by atoms with Crippen LogP contribution in [0.15, 0.2) is 30.3 Å². The number of nitrogens with two attached hydrogens (primary N) is 1. The molecule has 168 valence electrons. The van der Waals surface area contributed by atoms with Crippen molar-refractivity contribution in [1.82, 2.24) is 10.3 Å². The molecule has 3 N–H and O–H groups in total. The van der Waals surface area contributed by atoms with E-state index in [4.69, 9.17) is 10.6 Å². The van der Waals surface area contributed by atoms with Crippen LogP contribution in [-0.2, 0) is 30.5 Å². The van der Waals surface area contributed by atoms with E-state index in [1.165, 1.54) is 0 Å². The molecule has 30 heavy (non-hydrogen) atoms. The highest BCUT2D eigenvalue weighted by Crippen LogP contribution is 2.15. The van der Waals surface area contributed by atoms with Crippen LogP contribution in [-0.4, -0.2) is 48.6 Å². The van der Waals surface area contributed by atoms with Crippen molar-refractivity contribution >= 4 is 18.3 Å². The lowest BCUT2D eigenvalue weighted by atomic mass is 9.95. The van der Waals surface area contributed by atoms with E-state index < -0.39 is 11.9 Å². The third-order valence-corrected chi connectivity index (χ3v) is 4.50. The molecular weight excluding hydrogens is 386 g/mol. The first-order valence-corrected chi connectivity index (χ1v) is 10.3. The predicted octanol–water partition coefficient (Wildman–Crippen LogP) is 2.17. The van der Waals surface area contributed by atoms with E-state index >= 15 is 0 Å². The summed E-state index contributed by atoms with van der Waals surface area (Å²) in [5.41, 5.74) is 0.575. The maximum atomic E-state index is 11.9. The molecule has 0 spiro atoms. The molecule has 1 aliphatic rings. The fourth-order valence-electron chi connectivity index (χ4n) is 2.78. The monoisotopic (exact) mass is 421 g/mol. The average Bonchev–Trinajstić information content (AvgIpc) is 2.71. The van der Waals surface area contributed by atoms with Crippen molar-refractivity contribution < 1.29 is 23.9 Å². The van der Waals surface area contributed by atoms with Crippen LogP contribution in [0.4, 0.5) is 0 Å². The maximum Gasteiger partial charge on any atom is 0.315 e. The van der Waals surface area contributed by atoms with Gasteiger partial charge in [-0.05, 0) is 64.6 Å². The van der Waals surface area contributed by atoms with Gasteiger partial charge < -0.3 is 14.8 Å². The molecule has 8 heteroatoms. The molecule has 0 unspecified atom stereocenters. The molecule has 1 aromatic carbocycles. The van der Waals surface area contributed by atoms with Gasteiger partial charge in [-0.2, -0.15) is 0 Å². The van der Waals surface area contributed by atoms with E-state index in [1.807, 2.05) is 51.1 Å². The second-order valence-electron chi connectivity index (χ2n) is 8.22. The van der Waals surface area contributed by atoms with E-state index in [0.717, 1.165) is 42.9 Å². The third kappa shape index (κ3) is 12.2. The Kier molecular flexibility index (Phi) is 11.7. The van der Waals surface area contributed by atoms with Gasteiger partial charge in [-0.25, -0.2) is 5.84 Å². The van der Waals surface area contributed by atoms with Crippen molar-refractivity contribution in [2.45, 2.75) is 58.7 Å². The number of esters is 1. The first kappa shape index (κ1) is 25.6. The topological polar surface area (TPSA) is 111 Å². The minimum Gasteiger partial charge on any atom is -0.462 e. The van der Waals surface area contributed by atoms with Crippen LogP contribution in [0, 0.1) is 5.92 Å². The highest BCUT2D eigenvalue weighted by molar-refractivity contribution is 5.93. The number of hydrazine groups is 1. The number of hydrogen-bond donors (Lipinski definition) is 2. The number of piperidine rings is 1. The summed E-state index contributed by atoms with van der Waals surface area (Å²) in [6.07, 6.45) is 2.79. The SMILES string of the molecule is CC(C)(C)OC=O.NN(CCC1CCNCC1)C(=O)CC(=O)OCc1ccccc1. The van der Waals surface area contributed by atoms with Gasteiger partial charge in [0.1, 0.15) is 18.6 Å². The highest BCUT2D eigenvalue weighted by Gasteiger charge is 2.18. The summed E-state index contributed by atoms with van der Waals surface area (Å²) in [7, 11) is 0. The Morgan fingerprint density at radius 2 is 1.83 bits per heavy atom. The number of carbonyl (C=O) groups excluding carboxylic acids is 3. The number of nitrogens with one attached hydrogen (secondary N) is 1. The lowest BCUT2D eigenvalue weighted by molar-refractivity contribution is -0.150. The number of benzene rings is 1. The van der Waals surface area contributed by atoms with Crippen LogP contribution < -0.4 is 11.2 Å². The lowest BCUT2D eigenvalue weighted by Crippen LogP contribution is -2.40. The van der Waals surface area contributed by atoms with Crippen molar-refractivity contribution in [2.75, 3.05) is 19.6 Å². The Morgan fingerprint density at radius 3 is 2.37 bits per heavy atom. The summed E-state index contributed by atoms with van der Waals surface area (Å²) in [6, 6.07) is 9.36. The van der Waals surface area contributed by atoms with Gasteiger partial charge in [0.15, 0.2) is 0 Å². The molecule has 0 aromatic heterocycles. The summed E-state index contributed by atoms with van der Waals surface area (Å²) in [5.74, 6) is 5.41. The van der Waals surface area contributed by atoms with Crippen molar-refractivity contribution in [3.63, 3.8) is 0 Å². The molecule has 0 radical (unpaired) electrons. The van der Waals surface area contributed by atoms with Crippen LogP contribution in [0.1, 0.15) is 52.0 Å². The van der Waals surface area contributed by atoms with E-state index in [-0.39, 0.29) is 18.6 Å². The zero-order chi connectivity index (χ0) is 22.4. The molecule has 0 aliphatic carbocycles. The third-order valence-electron chi connectivity index (χ3n) is 4.50. The van der Waals surface area contributed by atoms with E-state index in [9.17, 15) is 14.4 Å². The molecule has 0 atom stereocenters. The van der Waals surface area contributed by atoms with Crippen LogP contribution in [0.2, 0.25) is 0 Å². The molecule has 0 saturated carbocycles. The Bertz CT molecular complexity index is 640. The number of nitrogens with zero attached hydrogens (tertiary/aromatic N) is 1. The summed E-state index contributed by atoms with van der Waals surface area (Å²) in [6.45, 7) is 8.62. The molecule has 2 rings (SSSR count). The molecule has 1 amide bonds. The van der Waals surface area contributed by atoms with E-state index in [0.29, 0.717) is 18.9 Å². The Morgan fingerprint density at radius 1 is 1.20 bits per heavy atom. The average molecular weight is 422 g/mol. The van der Waals surface area contributed by atoms with Crippen molar-refractivity contribution in [2.24, 2.45) is 11.8 Å². The number of ether oxygens (including phenoxy) is 2. The standard InChI is InChI=1S/C17H25N3O3.C5H10O2/c18-20(11-8-14-6-9-19-10-7-14)16(21)12-17(22)23-13-15-4-2-1-3-5-15;1-5(2,3)7-4-6/h1-5,14,19H,6-13,18H2;4H,1-3H3. The minimum absolute atomic E-state index is 0.173. The molecule has 0 bridgehead atoms. The number of amides is 1. The van der Waals surface area contributed by atoms with Crippen molar-refractivity contribution in [3.8, 4) is 0 Å². The zero-order valence-corrected chi connectivity index (χ0v) is 18.3. The van der Waals surface area contributed by atoms with Gasteiger partial charge in [-0.1, -0.05) is 30.3 Å². The van der Waals surface area contributed by atoms with Crippen LogP contribution in [0.5, 0.6) is 0 Å². The van der Waals surface area contributed by atoms with Gasteiger partial charge in [0.25, 0.3) is 6.47 Å². The van der Waals surface area contributed by atoms with Gasteiger partial charge in [0, 0.05) is 6.54 Å². The summed E-state index contributed by atoms with van der Waals surface area (Å²) in [4.78, 5) is 33.2. The fourth-order valence-corrected chi connectivity index (χ4v) is 2.78. The first-order valence-electron chi connectivity index (χ1n) is 10.3. The molecule has 8 nitrogen and oxygen atoms in total. The zero-order valence-electron chi connectivity index (χ0n) is 18.3. The minimum atomic E-state index is -0.545. The Balaban J connectivity index is 0.000000553. The molecule has 1 aliphatic heterocycles. The summed E-state index contributed by atoms with van der Waals surface area (Å²) in [5, 5.41) is 4.45. The van der Waals surface area contributed by atoms with Crippen LogP contribution in [0.25, 0.3) is 0 Å². The van der Waals surface area contributed by atoms with E-state index in [2.05, 4.69) is 10.1 Å². The lowest BCUT2D eigenvalue weighted by Gasteiger charge is -2.24. The maximum absolute atomic E-state index is 11.9. The molecule has 1 saturated heterocycles. The molecule has 1 fully saturated rings. The fraction of sp³-hybridized carbons (Fsp3) is 0.591. The largest absolute Gasteiger partial charge is 0.462 e. The first-order chi connectivity index (χ1) is 14.2. The van der Waals surface area contributed by atoms with Crippen molar-refractivity contribution in [3.05, 3.63) is 35.9 Å². The number of hydrogen-bond acceptors (Lipinski definition) is 7. The van der Waals surface area contributed by atoms with Gasteiger partial charge >= 0.3 is 5.97 Å². The van der Waals surface area contributed by atoms with Gasteiger partial charge in [-0.3, -0.25) is 19.4 Å². The Labute approximate surface area is 179 Å². The van der Waals surface area contributed by atoms with Gasteiger partial charge in [-0.15, -0.1) is 0 Å². The van der Waals surface area contributed by atoms with Gasteiger partial charge in [0.2, 0.25) is 5.91 Å². The second kappa shape index (κ2) is 13.7. The molecule has 1 heterocycles. The van der Waals surface area contributed by atoms with Crippen LogP contribution in [0.3, 0.4) is 0 Å². The Hall–Kier alpha value is -2.45. The summed E-state index contributed by atoms with van der Waals surface area (Å²) >= 11 is 0. The number of rotatable bonds is 8. The smallest absolute Gasteiger partial charge is 0.315 e. The van der Waals surface area contributed by atoms with Crippen molar-refractivity contribution in [1.29, 1.82) is 0 Å². The summed E-state index contributed by atoms with van der Waals surface area (Å²) < 4.78 is 9.64. The molecule has 1 aromatic rings. The predicted molar refractivity (Wildman–Crippen MR) is 114 cm³/mol. The quantitative estimate of drug-likeness (QED) is 0.165. The normalized spacial score (nSPS) is 14.1. The second-order valence-corrected chi connectivity index (χ2v) is 8.22. The van der Waals surface area contributed by atoms with E-state index in [1.54, 1.807) is 0 Å². The van der Waals surface area contributed by atoms with Gasteiger partial charge in [0.05, 0.1) is 0 Å². The van der Waals surface area contributed by atoms with Crippen LogP contribution >= 0.6 is 0 Å².